The van der Waals surface area contributed by atoms with Crippen LogP contribution in [-0.2, 0) is 14.4 Å². The van der Waals surface area contributed by atoms with E-state index in [1.54, 1.807) is 19.0 Å². The van der Waals surface area contributed by atoms with Crippen LogP contribution in [-0.4, -0.2) is 67.4 Å². The molecule has 384 valence electrons. The fraction of sp³-hybridized carbons (Fsp3) is 0.300. The van der Waals surface area contributed by atoms with Gasteiger partial charge in [-0.1, -0.05) is 57.2 Å². The molecule has 6 heterocycles. The summed E-state index contributed by atoms with van der Waals surface area (Å²) < 4.78 is 17.0. The minimum Gasteiger partial charge on any atom is -0.494 e. The summed E-state index contributed by atoms with van der Waals surface area (Å²) in [6.45, 7) is 8.43. The van der Waals surface area contributed by atoms with Gasteiger partial charge in [0.25, 0.3) is 0 Å². The van der Waals surface area contributed by atoms with Gasteiger partial charge in [0, 0.05) is 36.3 Å². The fourth-order valence-corrected chi connectivity index (χ4v) is 10.2. The van der Waals surface area contributed by atoms with Crippen LogP contribution < -0.4 is 28.9 Å². The first-order valence-electron chi connectivity index (χ1n) is 26.2. The van der Waals surface area contributed by atoms with Crippen molar-refractivity contribution < 1.29 is 28.6 Å². The number of benzene rings is 6. The van der Waals surface area contributed by atoms with E-state index in [2.05, 4.69) is 87.1 Å². The average Bonchev–Trinajstić information content (AvgIpc) is 4.33. The monoisotopic (exact) mass is 1010 g/mol. The van der Waals surface area contributed by atoms with Gasteiger partial charge in [0.05, 0.1) is 90.0 Å². The molecule has 3 fully saturated rings. The van der Waals surface area contributed by atoms with Gasteiger partial charge in [0.1, 0.15) is 17.2 Å². The number of rotatable bonds is 15. The lowest BCUT2D eigenvalue weighted by Gasteiger charge is -2.25. The number of carbonyl (C=O) groups excluding carboxylic acids is 3. The third kappa shape index (κ3) is 11.2. The van der Waals surface area contributed by atoms with Crippen molar-refractivity contribution in [3.8, 4) is 17.2 Å². The van der Waals surface area contributed by atoms with Gasteiger partial charge in [-0.2, -0.15) is 0 Å². The number of H-pyrrole nitrogens is 3. The molecule has 6 aromatic carbocycles. The Morgan fingerprint density at radius 3 is 0.960 bits per heavy atom. The van der Waals surface area contributed by atoms with Crippen molar-refractivity contribution in [3.05, 3.63) is 163 Å². The maximum absolute atomic E-state index is 12.5. The van der Waals surface area contributed by atoms with Crippen molar-refractivity contribution >= 4 is 67.9 Å². The highest BCUT2D eigenvalue weighted by molar-refractivity contribution is 6.00. The summed E-state index contributed by atoms with van der Waals surface area (Å²) in [7, 11) is 0. The van der Waals surface area contributed by atoms with Crippen molar-refractivity contribution in [1.29, 1.82) is 0 Å². The molecule has 0 saturated carbocycles. The molecular weight excluding hydrogens is 943 g/mol. The molecular formula is C60H63N9O6. The Kier molecular flexibility index (Phi) is 15.5. The molecule has 0 radical (unpaired) electrons. The summed E-state index contributed by atoms with van der Waals surface area (Å²) in [4.78, 5) is 65.3. The van der Waals surface area contributed by atoms with Gasteiger partial charge in [-0.3, -0.25) is 14.4 Å². The van der Waals surface area contributed by atoms with Crippen LogP contribution in [0.25, 0.3) is 33.1 Å². The van der Waals surface area contributed by atoms with E-state index in [0.717, 1.165) is 142 Å². The van der Waals surface area contributed by atoms with Crippen molar-refractivity contribution in [2.75, 3.05) is 34.5 Å². The molecule has 2 unspecified atom stereocenters. The van der Waals surface area contributed by atoms with Crippen LogP contribution in [0.3, 0.4) is 0 Å². The fourth-order valence-electron chi connectivity index (χ4n) is 10.2. The summed E-state index contributed by atoms with van der Waals surface area (Å²) in [5.74, 6) is 3.11. The van der Waals surface area contributed by atoms with Crippen molar-refractivity contribution in [3.63, 3.8) is 0 Å². The Balaban J connectivity index is 0.000000128. The summed E-state index contributed by atoms with van der Waals surface area (Å²) >= 11 is 0. The number of hydrogen-bond donors (Lipinski definition) is 3. The van der Waals surface area contributed by atoms with Crippen LogP contribution in [0.15, 0.2) is 146 Å². The maximum Gasteiger partial charge on any atom is 0.227 e. The van der Waals surface area contributed by atoms with Gasteiger partial charge in [-0.05, 0) is 146 Å². The predicted octanol–water partition coefficient (Wildman–Crippen LogP) is 12.7. The average molecular weight is 1010 g/mol. The molecule has 3 aliphatic rings. The van der Waals surface area contributed by atoms with Crippen LogP contribution in [0.4, 0.5) is 17.1 Å². The lowest BCUT2D eigenvalue weighted by molar-refractivity contribution is -0.118. The molecule has 75 heavy (non-hydrogen) atoms. The summed E-state index contributed by atoms with van der Waals surface area (Å²) in [5, 5.41) is 0. The molecule has 0 bridgehead atoms. The van der Waals surface area contributed by atoms with Crippen LogP contribution >= 0.6 is 0 Å². The molecule has 3 aromatic heterocycles. The number of imidazole rings is 3. The minimum atomic E-state index is 0.0631. The van der Waals surface area contributed by atoms with Crippen molar-refractivity contribution in [2.24, 2.45) is 0 Å². The predicted molar refractivity (Wildman–Crippen MR) is 293 cm³/mol. The van der Waals surface area contributed by atoms with E-state index in [4.69, 9.17) is 14.2 Å². The quantitative estimate of drug-likeness (QED) is 0.0903. The number of nitrogens with one attached hydrogen (secondary N) is 3. The van der Waals surface area contributed by atoms with Crippen LogP contribution in [0.2, 0.25) is 0 Å². The standard InChI is InChI=1S/3C20H21N3O2/c3*1-2-11-25-16-6-3-14(4-7-16)19-9-10-20(24)23(19)15-5-8-17-18(12-15)22-13-21-17/h3*3-8,12-13,19H,2,9-11H2,1H3,(H,21,22)/t19-;;/m1../s1. The molecule has 3 N–H and O–H groups in total. The van der Waals surface area contributed by atoms with Gasteiger partial charge < -0.3 is 43.9 Å². The van der Waals surface area contributed by atoms with Gasteiger partial charge in [0.15, 0.2) is 0 Å². The molecule has 15 heteroatoms. The van der Waals surface area contributed by atoms with E-state index in [9.17, 15) is 14.4 Å². The zero-order valence-electron chi connectivity index (χ0n) is 42.7. The maximum atomic E-state index is 12.5. The number of aromatic nitrogens is 6. The highest BCUT2D eigenvalue weighted by Crippen LogP contribution is 2.41. The summed E-state index contributed by atoms with van der Waals surface area (Å²) in [5.41, 5.74) is 11.7. The Labute approximate surface area is 436 Å². The third-order valence-corrected chi connectivity index (χ3v) is 13.9. The van der Waals surface area contributed by atoms with Crippen LogP contribution in [0.1, 0.15) is 113 Å². The zero-order chi connectivity index (χ0) is 51.7. The Hall–Kier alpha value is -8.46. The number of nitrogens with zero attached hydrogens (tertiary/aromatic N) is 6. The van der Waals surface area contributed by atoms with E-state index < -0.39 is 0 Å². The molecule has 3 atom stereocenters. The molecule has 15 nitrogen and oxygen atoms in total. The molecule has 3 aliphatic heterocycles. The second-order valence-corrected chi connectivity index (χ2v) is 19.0. The SMILES string of the molecule is CCCOc1ccc(C2CCC(=O)N2c2ccc3nc[nH]c3c2)cc1.CCCOc1ccc(C2CCC(=O)N2c2ccc3nc[nH]c3c2)cc1.CCCOc1ccc([C@H]2CCC(=O)N2c2ccc3nc[nH]c3c2)cc1. The third-order valence-electron chi connectivity index (χ3n) is 13.9. The normalized spacial score (nSPS) is 17.4. The molecule has 3 saturated heterocycles. The number of fused-ring (bicyclic) bond motifs is 3. The van der Waals surface area contributed by atoms with E-state index >= 15 is 0 Å². The number of anilines is 3. The largest absolute Gasteiger partial charge is 0.494 e. The Morgan fingerprint density at radius 1 is 0.413 bits per heavy atom. The highest BCUT2D eigenvalue weighted by atomic mass is 16.5. The van der Waals surface area contributed by atoms with E-state index in [1.165, 1.54) is 0 Å². The van der Waals surface area contributed by atoms with Gasteiger partial charge in [-0.25, -0.2) is 15.0 Å². The van der Waals surface area contributed by atoms with Crippen molar-refractivity contribution in [1.82, 2.24) is 29.9 Å². The number of hydrogen-bond acceptors (Lipinski definition) is 9. The molecule has 3 amide bonds. The first kappa shape index (κ1) is 50.1. The van der Waals surface area contributed by atoms with E-state index in [1.807, 2.05) is 106 Å². The molecule has 12 rings (SSSR count). The van der Waals surface area contributed by atoms with Crippen molar-refractivity contribution in [2.45, 2.75) is 96.7 Å². The van der Waals surface area contributed by atoms with E-state index in [0.29, 0.717) is 19.3 Å². The lowest BCUT2D eigenvalue weighted by atomic mass is 10.0. The van der Waals surface area contributed by atoms with Gasteiger partial charge >= 0.3 is 0 Å². The number of amides is 3. The molecule has 0 spiro atoms. The first-order chi connectivity index (χ1) is 36.8. The van der Waals surface area contributed by atoms with Crippen LogP contribution in [0.5, 0.6) is 17.2 Å². The Bertz CT molecular complexity index is 3010. The van der Waals surface area contributed by atoms with Crippen LogP contribution in [0, 0.1) is 0 Å². The van der Waals surface area contributed by atoms with Gasteiger partial charge in [-0.15, -0.1) is 0 Å². The lowest BCUT2D eigenvalue weighted by Crippen LogP contribution is -2.27. The zero-order valence-corrected chi connectivity index (χ0v) is 42.7. The number of carbonyl (C=O) groups is 3. The number of ether oxygens (including phenoxy) is 3. The molecule has 9 aromatic rings. The topological polar surface area (TPSA) is 175 Å². The number of aromatic amines is 3. The second kappa shape index (κ2) is 23.2. The molecule has 0 aliphatic carbocycles. The summed E-state index contributed by atoms with van der Waals surface area (Å²) in [6.07, 6.45) is 12.2. The first-order valence-corrected chi connectivity index (χ1v) is 26.2. The highest BCUT2D eigenvalue weighted by Gasteiger charge is 2.36. The van der Waals surface area contributed by atoms with E-state index in [-0.39, 0.29) is 35.8 Å². The smallest absolute Gasteiger partial charge is 0.227 e. The second-order valence-electron chi connectivity index (χ2n) is 19.0. The minimum absolute atomic E-state index is 0.0631. The van der Waals surface area contributed by atoms with Gasteiger partial charge in [0.2, 0.25) is 17.7 Å². The Morgan fingerprint density at radius 2 is 0.693 bits per heavy atom. The summed E-state index contributed by atoms with van der Waals surface area (Å²) in [6, 6.07) is 42.3.